The lowest BCUT2D eigenvalue weighted by molar-refractivity contribution is -0.299. The standard InChI is InChI=1S/C10H18O4/c1-5-8-6-7(2)13-10(3,14-8)9(11)12-4/h7-8H,5-6H2,1-4H3/t7-,8-,10?/m0/s1. The van der Waals surface area contributed by atoms with Gasteiger partial charge in [-0.15, -0.1) is 0 Å². The van der Waals surface area contributed by atoms with Gasteiger partial charge in [0.05, 0.1) is 19.3 Å². The van der Waals surface area contributed by atoms with Crippen molar-refractivity contribution in [3.8, 4) is 0 Å². The third-order valence-corrected chi connectivity index (χ3v) is 2.42. The normalized spacial score (nSPS) is 38.0. The molecule has 0 aliphatic carbocycles. The summed E-state index contributed by atoms with van der Waals surface area (Å²) in [5.41, 5.74) is 0. The van der Waals surface area contributed by atoms with Gasteiger partial charge in [0.1, 0.15) is 0 Å². The molecule has 82 valence electrons. The number of carbonyl (C=O) groups excluding carboxylic acids is 1. The van der Waals surface area contributed by atoms with E-state index in [4.69, 9.17) is 9.47 Å². The van der Waals surface area contributed by atoms with Crippen molar-refractivity contribution in [3.63, 3.8) is 0 Å². The van der Waals surface area contributed by atoms with Crippen LogP contribution in [0.2, 0.25) is 0 Å². The summed E-state index contributed by atoms with van der Waals surface area (Å²) in [6, 6.07) is 0. The van der Waals surface area contributed by atoms with Gasteiger partial charge in [0.15, 0.2) is 0 Å². The Morgan fingerprint density at radius 1 is 1.57 bits per heavy atom. The van der Waals surface area contributed by atoms with E-state index in [0.29, 0.717) is 0 Å². The number of methoxy groups -OCH3 is 1. The fourth-order valence-electron chi connectivity index (χ4n) is 1.73. The van der Waals surface area contributed by atoms with Crippen LogP contribution in [0.5, 0.6) is 0 Å². The zero-order valence-corrected chi connectivity index (χ0v) is 9.20. The van der Waals surface area contributed by atoms with Crippen molar-refractivity contribution in [3.05, 3.63) is 0 Å². The number of rotatable bonds is 2. The van der Waals surface area contributed by atoms with E-state index in [0.717, 1.165) is 12.8 Å². The molecule has 0 aromatic rings. The number of esters is 1. The number of hydrogen-bond donors (Lipinski definition) is 0. The third-order valence-electron chi connectivity index (χ3n) is 2.42. The maximum Gasteiger partial charge on any atom is 0.366 e. The van der Waals surface area contributed by atoms with Gasteiger partial charge in [0.2, 0.25) is 0 Å². The lowest BCUT2D eigenvalue weighted by Gasteiger charge is -2.39. The predicted octanol–water partition coefficient (Wildman–Crippen LogP) is 1.48. The molecule has 0 aromatic heterocycles. The minimum Gasteiger partial charge on any atom is -0.465 e. The fraction of sp³-hybridized carbons (Fsp3) is 0.900. The smallest absolute Gasteiger partial charge is 0.366 e. The van der Waals surface area contributed by atoms with Crippen molar-refractivity contribution < 1.29 is 19.0 Å². The molecule has 0 aromatic carbocycles. The molecule has 0 spiro atoms. The van der Waals surface area contributed by atoms with Gasteiger partial charge < -0.3 is 14.2 Å². The van der Waals surface area contributed by atoms with Crippen LogP contribution < -0.4 is 0 Å². The predicted molar refractivity (Wildman–Crippen MR) is 50.7 cm³/mol. The minimum absolute atomic E-state index is 0.0257. The second-order valence-corrected chi connectivity index (χ2v) is 3.75. The summed E-state index contributed by atoms with van der Waals surface area (Å²) in [6.07, 6.45) is 1.80. The van der Waals surface area contributed by atoms with E-state index in [1.807, 2.05) is 13.8 Å². The van der Waals surface area contributed by atoms with Crippen molar-refractivity contribution >= 4 is 5.97 Å². The molecule has 1 aliphatic rings. The van der Waals surface area contributed by atoms with E-state index in [9.17, 15) is 4.79 Å². The molecule has 4 nitrogen and oxygen atoms in total. The molecule has 0 bridgehead atoms. The van der Waals surface area contributed by atoms with Gasteiger partial charge in [0.25, 0.3) is 5.79 Å². The Labute approximate surface area is 84.5 Å². The Bertz CT molecular complexity index is 216. The first kappa shape index (κ1) is 11.5. The Balaban J connectivity index is 2.72. The summed E-state index contributed by atoms with van der Waals surface area (Å²) < 4.78 is 15.7. The quantitative estimate of drug-likeness (QED) is 0.636. The molecule has 1 rings (SSSR count). The van der Waals surface area contributed by atoms with Gasteiger partial charge >= 0.3 is 5.97 Å². The van der Waals surface area contributed by atoms with E-state index in [2.05, 4.69) is 4.74 Å². The SMILES string of the molecule is CC[C@H]1C[C@H](C)OC(C)(C(=O)OC)O1. The molecule has 3 atom stereocenters. The summed E-state index contributed by atoms with van der Waals surface area (Å²) in [5, 5.41) is 0. The highest BCUT2D eigenvalue weighted by molar-refractivity contribution is 5.77. The molecule has 1 heterocycles. The summed E-state index contributed by atoms with van der Waals surface area (Å²) in [7, 11) is 1.33. The third kappa shape index (κ3) is 2.25. The second-order valence-electron chi connectivity index (χ2n) is 3.75. The zero-order chi connectivity index (χ0) is 10.8. The van der Waals surface area contributed by atoms with Crippen LogP contribution in [0.1, 0.15) is 33.6 Å². The van der Waals surface area contributed by atoms with Crippen molar-refractivity contribution in [1.82, 2.24) is 0 Å². The van der Waals surface area contributed by atoms with E-state index < -0.39 is 11.8 Å². The lowest BCUT2D eigenvalue weighted by atomic mass is 10.1. The van der Waals surface area contributed by atoms with E-state index in [1.165, 1.54) is 7.11 Å². The van der Waals surface area contributed by atoms with Crippen molar-refractivity contribution in [2.24, 2.45) is 0 Å². The van der Waals surface area contributed by atoms with Gasteiger partial charge in [-0.1, -0.05) is 6.92 Å². The van der Waals surface area contributed by atoms with Gasteiger partial charge in [-0.05, 0) is 19.8 Å². The monoisotopic (exact) mass is 202 g/mol. The highest BCUT2D eigenvalue weighted by Gasteiger charge is 2.44. The van der Waals surface area contributed by atoms with Gasteiger partial charge in [-0.2, -0.15) is 0 Å². The largest absolute Gasteiger partial charge is 0.465 e. The van der Waals surface area contributed by atoms with E-state index in [1.54, 1.807) is 6.92 Å². The molecule has 1 fully saturated rings. The molecule has 14 heavy (non-hydrogen) atoms. The highest BCUT2D eigenvalue weighted by atomic mass is 16.7. The van der Waals surface area contributed by atoms with Crippen LogP contribution in [-0.2, 0) is 19.0 Å². The first-order valence-electron chi connectivity index (χ1n) is 4.96. The van der Waals surface area contributed by atoms with Gasteiger partial charge in [-0.25, -0.2) is 4.79 Å². The van der Waals surface area contributed by atoms with E-state index in [-0.39, 0.29) is 12.2 Å². The Hall–Kier alpha value is -0.610. The van der Waals surface area contributed by atoms with Gasteiger partial charge in [0, 0.05) is 6.92 Å². The van der Waals surface area contributed by atoms with Crippen LogP contribution >= 0.6 is 0 Å². The van der Waals surface area contributed by atoms with Crippen LogP contribution in [0, 0.1) is 0 Å². The first-order valence-corrected chi connectivity index (χ1v) is 4.96. The second kappa shape index (κ2) is 4.28. The number of hydrogen-bond acceptors (Lipinski definition) is 4. The fourth-order valence-corrected chi connectivity index (χ4v) is 1.73. The van der Waals surface area contributed by atoms with Crippen LogP contribution in [0.25, 0.3) is 0 Å². The zero-order valence-electron chi connectivity index (χ0n) is 9.20. The molecule has 1 unspecified atom stereocenters. The minimum atomic E-state index is -1.23. The number of carbonyl (C=O) groups is 1. The first-order chi connectivity index (χ1) is 6.51. The molecule has 1 aliphatic heterocycles. The Kier molecular flexibility index (Phi) is 3.50. The topological polar surface area (TPSA) is 44.8 Å². The van der Waals surface area contributed by atoms with E-state index >= 15 is 0 Å². The maximum absolute atomic E-state index is 11.4. The van der Waals surface area contributed by atoms with Crippen LogP contribution in [0.15, 0.2) is 0 Å². The lowest BCUT2D eigenvalue weighted by Crippen LogP contribution is -2.51. The Morgan fingerprint density at radius 2 is 2.21 bits per heavy atom. The molecule has 0 saturated carbocycles. The van der Waals surface area contributed by atoms with Crippen LogP contribution in [-0.4, -0.2) is 31.1 Å². The highest BCUT2D eigenvalue weighted by Crippen LogP contribution is 2.29. The van der Waals surface area contributed by atoms with Crippen LogP contribution in [0.4, 0.5) is 0 Å². The van der Waals surface area contributed by atoms with Crippen molar-refractivity contribution in [2.75, 3.05) is 7.11 Å². The average Bonchev–Trinajstić information content (AvgIpc) is 2.15. The van der Waals surface area contributed by atoms with Crippen molar-refractivity contribution in [1.29, 1.82) is 0 Å². The molecule has 1 saturated heterocycles. The summed E-state index contributed by atoms with van der Waals surface area (Å²) >= 11 is 0. The molecule has 0 radical (unpaired) electrons. The van der Waals surface area contributed by atoms with Crippen LogP contribution in [0.3, 0.4) is 0 Å². The molecule has 0 amide bonds. The summed E-state index contributed by atoms with van der Waals surface area (Å²) in [4.78, 5) is 11.4. The Morgan fingerprint density at radius 3 is 2.71 bits per heavy atom. The molecular formula is C10H18O4. The van der Waals surface area contributed by atoms with Gasteiger partial charge in [-0.3, -0.25) is 0 Å². The van der Waals surface area contributed by atoms with Crippen molar-refractivity contribution in [2.45, 2.75) is 51.6 Å². The molecule has 4 heteroatoms. The maximum atomic E-state index is 11.4. The summed E-state index contributed by atoms with van der Waals surface area (Å²) in [6.45, 7) is 5.57. The average molecular weight is 202 g/mol. The number of ether oxygens (including phenoxy) is 3. The molecular weight excluding hydrogens is 184 g/mol. The molecule has 0 N–H and O–H groups in total. The summed E-state index contributed by atoms with van der Waals surface area (Å²) in [5.74, 6) is -1.70.